The summed E-state index contributed by atoms with van der Waals surface area (Å²) in [5, 5.41) is 29.2. The van der Waals surface area contributed by atoms with Gasteiger partial charge in [-0.2, -0.15) is 0 Å². The lowest BCUT2D eigenvalue weighted by Crippen LogP contribution is -2.30. The van der Waals surface area contributed by atoms with Crippen molar-refractivity contribution in [3.63, 3.8) is 0 Å². The summed E-state index contributed by atoms with van der Waals surface area (Å²) in [7, 11) is 1.66. The normalized spacial score (nSPS) is 14.9. The third-order valence-electron chi connectivity index (χ3n) is 1.92. The molecule has 7 heteroatoms. The summed E-state index contributed by atoms with van der Waals surface area (Å²) in [5.41, 5.74) is 5.78. The Balaban J connectivity index is 2.89. The van der Waals surface area contributed by atoms with Crippen LogP contribution in [0.4, 0.5) is 5.82 Å². The van der Waals surface area contributed by atoms with Crippen LogP contribution in [0.1, 0.15) is 11.7 Å². The van der Waals surface area contributed by atoms with Crippen LogP contribution in [0.15, 0.2) is 6.07 Å². The predicted octanol–water partition coefficient (Wildman–Crippen LogP) is -0.674. The van der Waals surface area contributed by atoms with E-state index >= 15 is 0 Å². The molecule has 6 nitrogen and oxygen atoms in total. The lowest BCUT2D eigenvalue weighted by Gasteiger charge is -2.18. The maximum absolute atomic E-state index is 9.73. The molecule has 0 fully saturated rings. The molecular formula is C8H13ClN4O2. The lowest BCUT2D eigenvalue weighted by molar-refractivity contribution is 0.0204. The van der Waals surface area contributed by atoms with Crippen molar-refractivity contribution in [1.82, 2.24) is 15.5 Å². The van der Waals surface area contributed by atoms with E-state index in [9.17, 15) is 10.2 Å². The van der Waals surface area contributed by atoms with Crippen LogP contribution in [0.2, 0.25) is 5.15 Å². The molecule has 0 aliphatic carbocycles. The number of nitrogen functional groups attached to an aromatic ring is 1. The van der Waals surface area contributed by atoms with Gasteiger partial charge in [-0.1, -0.05) is 11.6 Å². The lowest BCUT2D eigenvalue weighted by atomic mass is 10.1. The largest absolute Gasteiger partial charge is 0.389 e. The minimum absolute atomic E-state index is 0.0575. The van der Waals surface area contributed by atoms with Gasteiger partial charge in [0.1, 0.15) is 6.10 Å². The van der Waals surface area contributed by atoms with Crippen molar-refractivity contribution in [3.8, 4) is 0 Å². The monoisotopic (exact) mass is 232 g/mol. The smallest absolute Gasteiger partial charge is 0.152 e. The van der Waals surface area contributed by atoms with Gasteiger partial charge in [0.2, 0.25) is 0 Å². The fraction of sp³-hybridized carbons (Fsp3) is 0.500. The summed E-state index contributed by atoms with van der Waals surface area (Å²) < 4.78 is 0. The van der Waals surface area contributed by atoms with Crippen LogP contribution in [0.3, 0.4) is 0 Å². The summed E-state index contributed by atoms with van der Waals surface area (Å²) in [6.45, 7) is 0.237. The number of nitrogens with two attached hydrogens (primary N) is 1. The third kappa shape index (κ3) is 3.00. The molecule has 15 heavy (non-hydrogen) atoms. The molecule has 84 valence electrons. The molecule has 0 saturated heterocycles. The van der Waals surface area contributed by atoms with Gasteiger partial charge in [-0.05, 0) is 13.1 Å². The highest BCUT2D eigenvalue weighted by molar-refractivity contribution is 6.29. The molecule has 0 radical (unpaired) electrons. The van der Waals surface area contributed by atoms with E-state index in [1.807, 2.05) is 0 Å². The van der Waals surface area contributed by atoms with E-state index in [1.54, 1.807) is 7.05 Å². The molecule has 0 aromatic carbocycles. The van der Waals surface area contributed by atoms with Crippen LogP contribution in [-0.4, -0.2) is 40.1 Å². The fourth-order valence-corrected chi connectivity index (χ4v) is 1.31. The highest BCUT2D eigenvalue weighted by Gasteiger charge is 2.21. The zero-order chi connectivity index (χ0) is 11.4. The van der Waals surface area contributed by atoms with Gasteiger partial charge in [0, 0.05) is 12.1 Å². The second kappa shape index (κ2) is 5.22. The molecule has 0 saturated carbocycles. The Morgan fingerprint density at radius 1 is 1.53 bits per heavy atom. The average Bonchev–Trinajstić information content (AvgIpc) is 2.21. The summed E-state index contributed by atoms with van der Waals surface area (Å²) in [4.78, 5) is 0. The number of hydrogen-bond donors (Lipinski definition) is 4. The molecule has 1 aromatic rings. The minimum atomic E-state index is -1.13. The highest BCUT2D eigenvalue weighted by Crippen LogP contribution is 2.22. The Morgan fingerprint density at radius 3 is 2.80 bits per heavy atom. The van der Waals surface area contributed by atoms with Crippen molar-refractivity contribution in [1.29, 1.82) is 0 Å². The number of nitrogens with zero attached hydrogens (tertiary/aromatic N) is 2. The van der Waals surface area contributed by atoms with Crippen molar-refractivity contribution in [2.45, 2.75) is 12.2 Å². The first kappa shape index (κ1) is 12.1. The van der Waals surface area contributed by atoms with Gasteiger partial charge in [0.15, 0.2) is 11.0 Å². The van der Waals surface area contributed by atoms with Crippen LogP contribution >= 0.6 is 11.6 Å². The number of anilines is 1. The van der Waals surface area contributed by atoms with E-state index < -0.39 is 12.2 Å². The van der Waals surface area contributed by atoms with Gasteiger partial charge in [0.25, 0.3) is 0 Å². The first-order valence-corrected chi connectivity index (χ1v) is 4.73. The van der Waals surface area contributed by atoms with Gasteiger partial charge in [-0.25, -0.2) is 0 Å². The van der Waals surface area contributed by atoms with E-state index in [4.69, 9.17) is 17.3 Å². The molecule has 5 N–H and O–H groups in total. The molecular weight excluding hydrogens is 220 g/mol. The topological polar surface area (TPSA) is 104 Å². The number of halogens is 1. The van der Waals surface area contributed by atoms with Crippen molar-refractivity contribution in [2.75, 3.05) is 19.3 Å². The van der Waals surface area contributed by atoms with E-state index in [-0.39, 0.29) is 23.1 Å². The minimum Gasteiger partial charge on any atom is -0.389 e. The van der Waals surface area contributed by atoms with E-state index in [1.165, 1.54) is 6.07 Å². The third-order valence-corrected chi connectivity index (χ3v) is 2.10. The molecule has 0 spiro atoms. The molecule has 2 atom stereocenters. The fourth-order valence-electron chi connectivity index (χ4n) is 1.16. The van der Waals surface area contributed by atoms with Gasteiger partial charge in [0.05, 0.1) is 6.10 Å². The number of rotatable bonds is 4. The molecule has 0 aliphatic heterocycles. The molecule has 2 unspecified atom stereocenters. The zero-order valence-electron chi connectivity index (χ0n) is 8.18. The average molecular weight is 233 g/mol. The Bertz CT molecular complexity index is 336. The molecule has 0 aliphatic rings. The van der Waals surface area contributed by atoms with Crippen molar-refractivity contribution in [2.24, 2.45) is 0 Å². The SMILES string of the molecule is CNCC(O)C(O)c1cc(Cl)nnc1N. The van der Waals surface area contributed by atoms with Gasteiger partial charge >= 0.3 is 0 Å². The Morgan fingerprint density at radius 2 is 2.20 bits per heavy atom. The predicted molar refractivity (Wildman–Crippen MR) is 56.3 cm³/mol. The van der Waals surface area contributed by atoms with E-state index in [2.05, 4.69) is 15.5 Å². The van der Waals surface area contributed by atoms with Crippen molar-refractivity contribution in [3.05, 3.63) is 16.8 Å². The number of likely N-dealkylation sites (N-methyl/N-ethyl adjacent to an activating group) is 1. The maximum atomic E-state index is 9.73. The maximum Gasteiger partial charge on any atom is 0.152 e. The van der Waals surface area contributed by atoms with Crippen LogP contribution < -0.4 is 11.1 Å². The van der Waals surface area contributed by atoms with Crippen LogP contribution in [0.5, 0.6) is 0 Å². The van der Waals surface area contributed by atoms with Crippen LogP contribution in [-0.2, 0) is 0 Å². The Labute approximate surface area is 92.1 Å². The molecule has 1 heterocycles. The second-order valence-electron chi connectivity index (χ2n) is 3.08. The number of aromatic nitrogens is 2. The summed E-state index contributed by atoms with van der Waals surface area (Å²) in [6, 6.07) is 1.38. The molecule has 1 aromatic heterocycles. The first-order valence-electron chi connectivity index (χ1n) is 4.35. The summed E-state index contributed by atoms with van der Waals surface area (Å²) in [6.07, 6.45) is -2.11. The first-order chi connectivity index (χ1) is 7.06. The molecule has 0 amide bonds. The number of nitrogens with one attached hydrogen (secondary N) is 1. The number of aliphatic hydroxyl groups excluding tert-OH is 2. The molecule has 0 bridgehead atoms. The number of aliphatic hydroxyl groups is 2. The van der Waals surface area contributed by atoms with Crippen molar-refractivity contribution < 1.29 is 10.2 Å². The standard InChI is InChI=1S/C8H13ClN4O2/c1-11-3-5(14)7(15)4-2-6(9)12-13-8(4)10/h2,5,7,11,14-15H,3H2,1H3,(H2,10,13). The van der Waals surface area contributed by atoms with E-state index in [0.717, 1.165) is 0 Å². The Kier molecular flexibility index (Phi) is 4.22. The highest BCUT2D eigenvalue weighted by atomic mass is 35.5. The van der Waals surface area contributed by atoms with E-state index in [0.29, 0.717) is 0 Å². The van der Waals surface area contributed by atoms with Gasteiger partial charge < -0.3 is 21.3 Å². The van der Waals surface area contributed by atoms with Crippen LogP contribution in [0.25, 0.3) is 0 Å². The zero-order valence-corrected chi connectivity index (χ0v) is 8.94. The summed E-state index contributed by atoms with van der Waals surface area (Å²) in [5.74, 6) is 0.0575. The molecule has 1 rings (SSSR count). The number of hydrogen-bond acceptors (Lipinski definition) is 6. The van der Waals surface area contributed by atoms with Gasteiger partial charge in [-0.3, -0.25) is 0 Å². The van der Waals surface area contributed by atoms with Gasteiger partial charge in [-0.15, -0.1) is 10.2 Å². The summed E-state index contributed by atoms with van der Waals surface area (Å²) >= 11 is 5.61. The van der Waals surface area contributed by atoms with Crippen molar-refractivity contribution >= 4 is 17.4 Å². The quantitative estimate of drug-likeness (QED) is 0.549. The second-order valence-corrected chi connectivity index (χ2v) is 3.46. The van der Waals surface area contributed by atoms with Crippen LogP contribution in [0, 0.1) is 0 Å². The Hall–Kier alpha value is -0.950.